The second-order valence-electron chi connectivity index (χ2n) is 4.51. The zero-order chi connectivity index (χ0) is 16.6. The van der Waals surface area contributed by atoms with E-state index in [1.165, 1.54) is 30.6 Å². The summed E-state index contributed by atoms with van der Waals surface area (Å²) in [5.41, 5.74) is 0.697. The summed E-state index contributed by atoms with van der Waals surface area (Å²) < 4.78 is 39.9. The van der Waals surface area contributed by atoms with Crippen molar-refractivity contribution in [1.82, 2.24) is 19.7 Å². The van der Waals surface area contributed by atoms with E-state index in [0.29, 0.717) is 16.3 Å². The minimum absolute atomic E-state index is 0.0103. The van der Waals surface area contributed by atoms with Gasteiger partial charge in [-0.05, 0) is 30.3 Å². The molecule has 0 aliphatic heterocycles. The van der Waals surface area contributed by atoms with Crippen LogP contribution in [0.1, 0.15) is 5.82 Å². The molecule has 0 aliphatic rings. The molecule has 0 saturated carbocycles. The van der Waals surface area contributed by atoms with Crippen LogP contribution in [0.25, 0.3) is 17.1 Å². The number of nitrogens with zero attached hydrogens (tertiary/aromatic N) is 4. The lowest BCUT2D eigenvalue weighted by atomic mass is 10.2. The summed E-state index contributed by atoms with van der Waals surface area (Å²) in [6.07, 6.45) is -1.78. The maximum absolute atomic E-state index is 13.0. The lowest BCUT2D eigenvalue weighted by molar-refractivity contribution is -0.144. The topological polar surface area (TPSA) is 43.6 Å². The highest BCUT2D eigenvalue weighted by atomic mass is 35.5. The van der Waals surface area contributed by atoms with Crippen LogP contribution in [0.5, 0.6) is 0 Å². The Kier molecular flexibility index (Phi) is 3.99. The first-order valence-electron chi connectivity index (χ1n) is 6.26. The number of benzene rings is 1. The average molecular weight is 359 g/mol. The summed E-state index contributed by atoms with van der Waals surface area (Å²) in [4.78, 5) is 7.48. The largest absolute Gasteiger partial charge is 0.453 e. The zero-order valence-electron chi connectivity index (χ0n) is 11.2. The smallest absolute Gasteiger partial charge is 0.262 e. The third-order valence-corrected chi connectivity index (χ3v) is 3.67. The van der Waals surface area contributed by atoms with Gasteiger partial charge in [-0.15, -0.1) is 5.10 Å². The van der Waals surface area contributed by atoms with Crippen molar-refractivity contribution in [2.45, 2.75) is 6.18 Å². The fourth-order valence-electron chi connectivity index (χ4n) is 1.91. The van der Waals surface area contributed by atoms with Gasteiger partial charge in [0.1, 0.15) is 0 Å². The van der Waals surface area contributed by atoms with E-state index in [0.717, 1.165) is 4.68 Å². The van der Waals surface area contributed by atoms with Crippen LogP contribution < -0.4 is 0 Å². The van der Waals surface area contributed by atoms with E-state index in [2.05, 4.69) is 15.1 Å². The van der Waals surface area contributed by atoms with Crippen LogP contribution in [0.2, 0.25) is 10.0 Å². The molecule has 0 spiro atoms. The predicted molar refractivity (Wildman–Crippen MR) is 79.6 cm³/mol. The minimum Gasteiger partial charge on any atom is -0.262 e. The van der Waals surface area contributed by atoms with Crippen molar-refractivity contribution in [2.75, 3.05) is 0 Å². The molecule has 0 unspecified atom stereocenters. The van der Waals surface area contributed by atoms with Gasteiger partial charge in [0.05, 0.1) is 21.9 Å². The van der Waals surface area contributed by atoms with Gasteiger partial charge in [-0.25, -0.2) is 9.67 Å². The van der Waals surface area contributed by atoms with E-state index >= 15 is 0 Å². The Bertz CT molecular complexity index is 847. The van der Waals surface area contributed by atoms with Gasteiger partial charge in [0.2, 0.25) is 0 Å². The Hall–Kier alpha value is -2.12. The summed E-state index contributed by atoms with van der Waals surface area (Å²) >= 11 is 11.8. The molecule has 0 fully saturated rings. The van der Waals surface area contributed by atoms with Crippen molar-refractivity contribution in [3.05, 3.63) is 58.6 Å². The Morgan fingerprint density at radius 2 is 1.83 bits per heavy atom. The van der Waals surface area contributed by atoms with Gasteiger partial charge in [0.25, 0.3) is 5.82 Å². The Morgan fingerprint density at radius 3 is 2.43 bits per heavy atom. The molecule has 0 bridgehead atoms. The first-order chi connectivity index (χ1) is 10.9. The molecule has 0 saturated heterocycles. The third kappa shape index (κ3) is 3.16. The number of hydrogen-bond acceptors (Lipinski definition) is 3. The van der Waals surface area contributed by atoms with Crippen LogP contribution in [-0.4, -0.2) is 19.7 Å². The first kappa shape index (κ1) is 15.8. The van der Waals surface area contributed by atoms with Crippen molar-refractivity contribution in [3.8, 4) is 17.1 Å². The molecule has 3 aromatic rings. The molecule has 2 aromatic heterocycles. The quantitative estimate of drug-likeness (QED) is 0.669. The maximum Gasteiger partial charge on any atom is 0.453 e. The first-order valence-corrected chi connectivity index (χ1v) is 7.02. The maximum atomic E-state index is 13.0. The lowest BCUT2D eigenvalue weighted by Gasteiger charge is -2.06. The Labute approximate surface area is 138 Å². The standard InChI is InChI=1S/C14H7Cl2F3N4/c15-10-4-3-8(6-11(10)16)12-21-13(14(17,18)19)22-23(12)9-2-1-5-20-7-9/h1-7H. The average Bonchev–Trinajstić information content (AvgIpc) is 2.96. The number of aromatic nitrogens is 4. The van der Waals surface area contributed by atoms with Gasteiger partial charge in [0.15, 0.2) is 5.82 Å². The molecule has 9 heteroatoms. The van der Waals surface area contributed by atoms with E-state index < -0.39 is 12.0 Å². The van der Waals surface area contributed by atoms with Gasteiger partial charge in [0, 0.05) is 11.8 Å². The summed E-state index contributed by atoms with van der Waals surface area (Å²) in [5.74, 6) is -1.26. The molecule has 1 aromatic carbocycles. The third-order valence-electron chi connectivity index (χ3n) is 2.93. The molecule has 23 heavy (non-hydrogen) atoms. The molecular weight excluding hydrogens is 352 g/mol. The van der Waals surface area contributed by atoms with Gasteiger partial charge < -0.3 is 0 Å². The number of rotatable bonds is 2. The van der Waals surface area contributed by atoms with E-state index in [1.54, 1.807) is 12.1 Å². The molecule has 0 N–H and O–H groups in total. The number of pyridine rings is 1. The highest BCUT2D eigenvalue weighted by Crippen LogP contribution is 2.32. The van der Waals surface area contributed by atoms with Gasteiger partial charge >= 0.3 is 6.18 Å². The summed E-state index contributed by atoms with van der Waals surface area (Å²) in [5, 5.41) is 4.04. The Balaban J connectivity index is 2.22. The van der Waals surface area contributed by atoms with Crippen LogP contribution in [0, 0.1) is 0 Å². The van der Waals surface area contributed by atoms with E-state index in [4.69, 9.17) is 23.2 Å². The zero-order valence-corrected chi connectivity index (χ0v) is 12.7. The number of alkyl halides is 3. The highest BCUT2D eigenvalue weighted by molar-refractivity contribution is 6.42. The van der Waals surface area contributed by atoms with Crippen LogP contribution in [-0.2, 0) is 6.18 Å². The van der Waals surface area contributed by atoms with E-state index in [9.17, 15) is 13.2 Å². The number of hydrogen-bond donors (Lipinski definition) is 0. The second kappa shape index (κ2) is 5.82. The van der Waals surface area contributed by atoms with Gasteiger partial charge in [-0.1, -0.05) is 23.2 Å². The van der Waals surface area contributed by atoms with E-state index in [1.807, 2.05) is 0 Å². The molecule has 118 valence electrons. The fourth-order valence-corrected chi connectivity index (χ4v) is 2.21. The summed E-state index contributed by atoms with van der Waals surface area (Å²) in [6.45, 7) is 0. The highest BCUT2D eigenvalue weighted by Gasteiger charge is 2.37. The van der Waals surface area contributed by atoms with Crippen LogP contribution >= 0.6 is 23.2 Å². The minimum atomic E-state index is -4.67. The fraction of sp³-hybridized carbons (Fsp3) is 0.0714. The second-order valence-corrected chi connectivity index (χ2v) is 5.32. The van der Waals surface area contributed by atoms with Crippen LogP contribution in [0.4, 0.5) is 13.2 Å². The van der Waals surface area contributed by atoms with Crippen molar-refractivity contribution < 1.29 is 13.2 Å². The molecule has 0 amide bonds. The lowest BCUT2D eigenvalue weighted by Crippen LogP contribution is -2.08. The molecule has 0 atom stereocenters. The number of halogens is 5. The molecular formula is C14H7Cl2F3N4. The predicted octanol–water partition coefficient (Wildman–Crippen LogP) is 4.65. The molecule has 3 rings (SSSR count). The molecule has 0 aliphatic carbocycles. The SMILES string of the molecule is FC(F)(F)c1nc(-c2ccc(Cl)c(Cl)c2)n(-c2cccnc2)n1. The van der Waals surface area contributed by atoms with Gasteiger partial charge in [-0.2, -0.15) is 13.2 Å². The van der Waals surface area contributed by atoms with Crippen molar-refractivity contribution in [1.29, 1.82) is 0 Å². The van der Waals surface area contributed by atoms with E-state index in [-0.39, 0.29) is 10.8 Å². The molecule has 2 heterocycles. The van der Waals surface area contributed by atoms with Crippen molar-refractivity contribution in [2.24, 2.45) is 0 Å². The summed E-state index contributed by atoms with van der Waals surface area (Å²) in [7, 11) is 0. The molecule has 0 radical (unpaired) electrons. The molecule has 4 nitrogen and oxygen atoms in total. The monoisotopic (exact) mass is 358 g/mol. The van der Waals surface area contributed by atoms with Crippen LogP contribution in [0.3, 0.4) is 0 Å². The van der Waals surface area contributed by atoms with Crippen molar-refractivity contribution >= 4 is 23.2 Å². The van der Waals surface area contributed by atoms with Crippen molar-refractivity contribution in [3.63, 3.8) is 0 Å². The van der Waals surface area contributed by atoms with Gasteiger partial charge in [-0.3, -0.25) is 4.98 Å². The normalized spacial score (nSPS) is 11.7. The Morgan fingerprint density at radius 1 is 1.04 bits per heavy atom. The summed E-state index contributed by atoms with van der Waals surface area (Å²) in [6, 6.07) is 7.59. The van der Waals surface area contributed by atoms with Crippen LogP contribution in [0.15, 0.2) is 42.7 Å².